The van der Waals surface area contributed by atoms with Gasteiger partial charge in [0.25, 0.3) is 0 Å². The number of carbonyl (C=O) groups excluding carboxylic acids is 2. The fraction of sp³-hybridized carbons (Fsp3) is 0.444. The van der Waals surface area contributed by atoms with Crippen molar-refractivity contribution in [2.45, 2.75) is 25.7 Å². The van der Waals surface area contributed by atoms with E-state index in [1.54, 1.807) is 25.3 Å². The van der Waals surface area contributed by atoms with Gasteiger partial charge in [-0.05, 0) is 43.0 Å². The third-order valence-electron chi connectivity index (χ3n) is 3.31. The molecular weight excluding hydrogens is 312 g/mol. The largest absolute Gasteiger partial charge is 0.493 e. The van der Waals surface area contributed by atoms with Gasteiger partial charge in [-0.2, -0.15) is 0 Å². The zero-order valence-electron chi connectivity index (χ0n) is 14.4. The molecule has 1 aromatic carbocycles. The van der Waals surface area contributed by atoms with Crippen molar-refractivity contribution in [3.05, 3.63) is 29.8 Å². The van der Waals surface area contributed by atoms with Crippen molar-refractivity contribution in [2.75, 3.05) is 27.9 Å². The first kappa shape index (κ1) is 19.5. The molecule has 0 fully saturated rings. The molecule has 132 valence electrons. The highest BCUT2D eigenvalue weighted by molar-refractivity contribution is 5.87. The quantitative estimate of drug-likeness (QED) is 0.372. The van der Waals surface area contributed by atoms with Crippen LogP contribution in [0.15, 0.2) is 24.3 Å². The number of unbranched alkanes of at least 4 members (excludes halogenated alkanes) is 2. The van der Waals surface area contributed by atoms with E-state index >= 15 is 0 Å². The van der Waals surface area contributed by atoms with Crippen molar-refractivity contribution in [2.24, 2.45) is 0 Å². The Morgan fingerprint density at radius 2 is 1.79 bits per heavy atom. The Balaban J connectivity index is 2.46. The van der Waals surface area contributed by atoms with E-state index in [1.165, 1.54) is 20.3 Å². The standard InChI is InChI=1S/C18H24O6/c1-21-16-13-14(9-11-18(20)23-3)8-10-15(16)24-12-6-4-5-7-17(19)22-2/h8-11,13H,4-7,12H2,1-3H3/b11-9+. The molecule has 24 heavy (non-hydrogen) atoms. The van der Waals surface area contributed by atoms with Crippen LogP contribution < -0.4 is 9.47 Å². The van der Waals surface area contributed by atoms with Crippen LogP contribution in [0.25, 0.3) is 6.08 Å². The SMILES string of the molecule is COC(=O)/C=C/c1ccc(OCCCCCC(=O)OC)c(OC)c1. The first-order valence-electron chi connectivity index (χ1n) is 7.74. The van der Waals surface area contributed by atoms with Crippen LogP contribution in [0, 0.1) is 0 Å². The molecule has 6 heteroatoms. The molecule has 0 aliphatic heterocycles. The van der Waals surface area contributed by atoms with Crippen LogP contribution in [-0.2, 0) is 19.1 Å². The maximum absolute atomic E-state index is 11.1. The van der Waals surface area contributed by atoms with Crippen LogP contribution in [0.2, 0.25) is 0 Å². The van der Waals surface area contributed by atoms with E-state index in [9.17, 15) is 9.59 Å². The fourth-order valence-corrected chi connectivity index (χ4v) is 1.97. The van der Waals surface area contributed by atoms with Crippen molar-refractivity contribution < 1.29 is 28.5 Å². The summed E-state index contributed by atoms with van der Waals surface area (Å²) in [4.78, 5) is 22.1. The Kier molecular flexibility index (Phi) is 9.04. The fourth-order valence-electron chi connectivity index (χ4n) is 1.97. The second kappa shape index (κ2) is 11.1. The summed E-state index contributed by atoms with van der Waals surface area (Å²) >= 11 is 0. The summed E-state index contributed by atoms with van der Waals surface area (Å²) in [7, 11) is 4.28. The van der Waals surface area contributed by atoms with Gasteiger partial charge in [-0.3, -0.25) is 4.79 Å². The summed E-state index contributed by atoms with van der Waals surface area (Å²) in [5.41, 5.74) is 0.808. The molecule has 6 nitrogen and oxygen atoms in total. The van der Waals surface area contributed by atoms with Gasteiger partial charge >= 0.3 is 11.9 Å². The molecule has 1 aromatic rings. The van der Waals surface area contributed by atoms with Crippen LogP contribution in [0.3, 0.4) is 0 Å². The Morgan fingerprint density at radius 1 is 1.00 bits per heavy atom. The first-order valence-corrected chi connectivity index (χ1v) is 7.74. The van der Waals surface area contributed by atoms with Gasteiger partial charge in [0.15, 0.2) is 11.5 Å². The molecule has 0 spiro atoms. The number of ether oxygens (including phenoxy) is 4. The maximum Gasteiger partial charge on any atom is 0.330 e. The maximum atomic E-state index is 11.1. The van der Waals surface area contributed by atoms with E-state index < -0.39 is 5.97 Å². The Hall–Kier alpha value is -2.50. The molecule has 0 aliphatic rings. The van der Waals surface area contributed by atoms with Gasteiger partial charge in [0.2, 0.25) is 0 Å². The van der Waals surface area contributed by atoms with Gasteiger partial charge in [-0.25, -0.2) is 4.79 Å². The zero-order valence-corrected chi connectivity index (χ0v) is 14.4. The van der Waals surface area contributed by atoms with Crippen molar-refractivity contribution in [3.63, 3.8) is 0 Å². The number of esters is 2. The normalized spacial score (nSPS) is 10.5. The smallest absolute Gasteiger partial charge is 0.330 e. The number of benzene rings is 1. The average Bonchev–Trinajstić information content (AvgIpc) is 2.62. The van der Waals surface area contributed by atoms with Crippen LogP contribution in [0.1, 0.15) is 31.2 Å². The average molecular weight is 336 g/mol. The minimum absolute atomic E-state index is 0.187. The Morgan fingerprint density at radius 3 is 2.46 bits per heavy atom. The molecule has 0 N–H and O–H groups in total. The third-order valence-corrected chi connectivity index (χ3v) is 3.31. The predicted molar refractivity (Wildman–Crippen MR) is 90.0 cm³/mol. The number of rotatable bonds is 10. The molecule has 0 unspecified atom stereocenters. The number of hydrogen-bond donors (Lipinski definition) is 0. The summed E-state index contributed by atoms with van der Waals surface area (Å²) in [6.07, 6.45) is 5.93. The topological polar surface area (TPSA) is 71.1 Å². The van der Waals surface area contributed by atoms with Gasteiger partial charge in [0.1, 0.15) is 0 Å². The molecular formula is C18H24O6. The highest BCUT2D eigenvalue weighted by Crippen LogP contribution is 2.28. The second-order valence-corrected chi connectivity index (χ2v) is 5.00. The van der Waals surface area contributed by atoms with Crippen molar-refractivity contribution >= 4 is 18.0 Å². The first-order chi connectivity index (χ1) is 11.6. The minimum atomic E-state index is -0.416. The van der Waals surface area contributed by atoms with E-state index in [-0.39, 0.29) is 5.97 Å². The second-order valence-electron chi connectivity index (χ2n) is 5.00. The number of carbonyl (C=O) groups is 2. The molecule has 0 saturated carbocycles. The summed E-state index contributed by atoms with van der Waals surface area (Å²) in [5.74, 6) is 0.631. The molecule has 0 saturated heterocycles. The van der Waals surface area contributed by atoms with Gasteiger partial charge in [-0.15, -0.1) is 0 Å². The van der Waals surface area contributed by atoms with Crippen LogP contribution >= 0.6 is 0 Å². The summed E-state index contributed by atoms with van der Waals surface area (Å²) in [6, 6.07) is 5.41. The van der Waals surface area contributed by atoms with E-state index in [1.807, 2.05) is 6.07 Å². The molecule has 0 atom stereocenters. The monoisotopic (exact) mass is 336 g/mol. The Labute approximate surface area is 142 Å². The predicted octanol–water partition coefficient (Wildman–Crippen LogP) is 2.99. The molecule has 1 rings (SSSR count). The van der Waals surface area contributed by atoms with Gasteiger partial charge in [0, 0.05) is 12.5 Å². The summed E-state index contributed by atoms with van der Waals surface area (Å²) in [5, 5.41) is 0. The lowest BCUT2D eigenvalue weighted by atomic mass is 10.2. The van der Waals surface area contributed by atoms with Crippen molar-refractivity contribution in [1.29, 1.82) is 0 Å². The molecule has 0 heterocycles. The third kappa shape index (κ3) is 7.17. The molecule has 0 amide bonds. The van der Waals surface area contributed by atoms with Gasteiger partial charge in [0.05, 0.1) is 27.9 Å². The van der Waals surface area contributed by atoms with E-state index in [2.05, 4.69) is 9.47 Å². The van der Waals surface area contributed by atoms with Crippen LogP contribution in [0.5, 0.6) is 11.5 Å². The van der Waals surface area contributed by atoms with Crippen molar-refractivity contribution in [3.8, 4) is 11.5 Å². The highest BCUT2D eigenvalue weighted by Gasteiger charge is 2.05. The molecule has 0 bridgehead atoms. The Bertz CT molecular complexity index is 565. The number of hydrogen-bond acceptors (Lipinski definition) is 6. The van der Waals surface area contributed by atoms with Crippen molar-refractivity contribution in [1.82, 2.24) is 0 Å². The lowest BCUT2D eigenvalue weighted by molar-refractivity contribution is -0.140. The summed E-state index contributed by atoms with van der Waals surface area (Å²) in [6.45, 7) is 0.537. The lowest BCUT2D eigenvalue weighted by Gasteiger charge is -2.11. The summed E-state index contributed by atoms with van der Waals surface area (Å²) < 4.78 is 20.2. The lowest BCUT2D eigenvalue weighted by Crippen LogP contribution is -2.02. The van der Waals surface area contributed by atoms with Crippen LogP contribution in [0.4, 0.5) is 0 Å². The van der Waals surface area contributed by atoms with Crippen LogP contribution in [-0.4, -0.2) is 39.9 Å². The molecule has 0 aliphatic carbocycles. The van der Waals surface area contributed by atoms with E-state index in [0.717, 1.165) is 24.8 Å². The minimum Gasteiger partial charge on any atom is -0.493 e. The molecule has 0 aromatic heterocycles. The van der Waals surface area contributed by atoms with E-state index in [0.29, 0.717) is 24.5 Å². The molecule has 0 radical (unpaired) electrons. The van der Waals surface area contributed by atoms with Gasteiger partial charge in [-0.1, -0.05) is 6.07 Å². The zero-order chi connectivity index (χ0) is 17.8. The number of methoxy groups -OCH3 is 3. The van der Waals surface area contributed by atoms with Gasteiger partial charge < -0.3 is 18.9 Å². The van der Waals surface area contributed by atoms with E-state index in [4.69, 9.17) is 9.47 Å². The highest BCUT2D eigenvalue weighted by atomic mass is 16.5.